The van der Waals surface area contributed by atoms with E-state index in [9.17, 15) is 0 Å². The predicted molar refractivity (Wildman–Crippen MR) is 142 cm³/mol. The molecule has 0 amide bonds. The third-order valence-electron chi connectivity index (χ3n) is 12.2. The third kappa shape index (κ3) is 4.25. The van der Waals surface area contributed by atoms with E-state index >= 15 is 0 Å². The first kappa shape index (κ1) is 24.2. The molecule has 4 heteroatoms. The van der Waals surface area contributed by atoms with Crippen LogP contribution in [0, 0.1) is 46.3 Å². The average Bonchev–Trinajstić information content (AvgIpc) is 3.25. The van der Waals surface area contributed by atoms with Crippen LogP contribution in [0.3, 0.4) is 0 Å². The first-order valence-corrected chi connectivity index (χ1v) is 15.0. The standard InChI is InChI=1S/C31H49N3O/c1-22(21-35-29-6-4-5-15-33-29)26-9-10-27-25-8-7-23-20-24(34-18-16-32-17-19-34)11-13-30(23,2)28(25)12-14-31(26,27)3/h4-6,15,22-28,32H,7-14,16-21H2,1-3H3/t22-,23?,24+,25?,26?,27?,28?,30+,31-/m1/s1. The molecule has 5 unspecified atom stereocenters. The molecule has 1 aromatic rings. The van der Waals surface area contributed by atoms with Crippen LogP contribution in [0.5, 0.6) is 5.88 Å². The number of nitrogens with one attached hydrogen (secondary N) is 1. The van der Waals surface area contributed by atoms with Gasteiger partial charge in [0.15, 0.2) is 0 Å². The number of nitrogens with zero attached hydrogens (tertiary/aromatic N) is 2. The Hall–Kier alpha value is -1.13. The largest absolute Gasteiger partial charge is 0.477 e. The van der Waals surface area contributed by atoms with Crippen LogP contribution in [0.1, 0.15) is 78.6 Å². The van der Waals surface area contributed by atoms with Gasteiger partial charge in [-0.15, -0.1) is 0 Å². The normalized spacial score (nSPS) is 44.7. The predicted octanol–water partition coefficient (Wildman–Crippen LogP) is 6.03. The summed E-state index contributed by atoms with van der Waals surface area (Å²) < 4.78 is 6.14. The van der Waals surface area contributed by atoms with E-state index in [1.165, 1.54) is 84.0 Å². The molecule has 0 bridgehead atoms. The van der Waals surface area contributed by atoms with Gasteiger partial charge >= 0.3 is 0 Å². The third-order valence-corrected chi connectivity index (χ3v) is 12.2. The van der Waals surface area contributed by atoms with Crippen LogP contribution in [0.25, 0.3) is 0 Å². The fourth-order valence-electron chi connectivity index (χ4n) is 10.4. The highest BCUT2D eigenvalue weighted by molar-refractivity contribution is 5.11. The summed E-state index contributed by atoms with van der Waals surface area (Å²) in [6.07, 6.45) is 15.0. The van der Waals surface area contributed by atoms with E-state index in [-0.39, 0.29) is 0 Å². The highest BCUT2D eigenvalue weighted by Gasteiger charge is 2.60. The number of hydrogen-bond donors (Lipinski definition) is 1. The lowest BCUT2D eigenvalue weighted by Crippen LogP contribution is -2.57. The topological polar surface area (TPSA) is 37.4 Å². The number of pyridine rings is 1. The molecule has 6 rings (SSSR count). The summed E-state index contributed by atoms with van der Waals surface area (Å²) in [5.74, 6) is 6.03. The molecule has 1 aromatic heterocycles. The molecule has 0 aromatic carbocycles. The zero-order chi connectivity index (χ0) is 24.0. The summed E-state index contributed by atoms with van der Waals surface area (Å²) in [7, 11) is 0. The quantitative estimate of drug-likeness (QED) is 0.560. The van der Waals surface area contributed by atoms with Gasteiger partial charge in [-0.05, 0) is 110 Å². The van der Waals surface area contributed by atoms with E-state index in [2.05, 4.69) is 36.0 Å². The maximum Gasteiger partial charge on any atom is 0.213 e. The molecule has 5 fully saturated rings. The minimum Gasteiger partial charge on any atom is -0.477 e. The molecular weight excluding hydrogens is 430 g/mol. The van der Waals surface area contributed by atoms with Gasteiger partial charge in [-0.25, -0.2) is 4.98 Å². The molecule has 4 nitrogen and oxygen atoms in total. The summed E-state index contributed by atoms with van der Waals surface area (Å²) in [6.45, 7) is 13.6. The van der Waals surface area contributed by atoms with Gasteiger partial charge in [-0.2, -0.15) is 0 Å². The zero-order valence-electron chi connectivity index (χ0n) is 22.6. The van der Waals surface area contributed by atoms with E-state index in [1.54, 1.807) is 0 Å². The lowest BCUT2D eigenvalue weighted by Gasteiger charge is -2.62. The SMILES string of the molecule is C[C@H](COc1ccccn1)C1CCC2C3CCC4C[C@@H](N5CCNCC5)CC[C@]4(C)C3CC[C@@]21C. The first-order valence-electron chi connectivity index (χ1n) is 15.0. The van der Waals surface area contributed by atoms with Crippen molar-refractivity contribution in [3.63, 3.8) is 0 Å². The van der Waals surface area contributed by atoms with Crippen molar-refractivity contribution in [3.8, 4) is 5.88 Å². The fraction of sp³-hybridized carbons (Fsp3) is 0.839. The van der Waals surface area contributed by atoms with Crippen molar-refractivity contribution in [3.05, 3.63) is 24.4 Å². The molecular formula is C31H49N3O. The maximum absolute atomic E-state index is 6.14. The highest BCUT2D eigenvalue weighted by Crippen LogP contribution is 2.68. The molecule has 4 aliphatic carbocycles. The second kappa shape index (κ2) is 9.63. The Labute approximate surface area is 214 Å². The van der Waals surface area contributed by atoms with E-state index in [0.717, 1.165) is 48.1 Å². The Bertz CT molecular complexity index is 856. The Balaban J connectivity index is 1.12. The molecule has 1 aliphatic heterocycles. The van der Waals surface area contributed by atoms with Gasteiger partial charge in [0.25, 0.3) is 0 Å². The van der Waals surface area contributed by atoms with E-state index < -0.39 is 0 Å². The van der Waals surface area contributed by atoms with Crippen molar-refractivity contribution in [2.24, 2.45) is 46.3 Å². The van der Waals surface area contributed by atoms with Crippen LogP contribution in [-0.4, -0.2) is 48.7 Å². The van der Waals surface area contributed by atoms with Gasteiger partial charge in [-0.1, -0.05) is 26.8 Å². The minimum absolute atomic E-state index is 0.509. The van der Waals surface area contributed by atoms with Crippen LogP contribution >= 0.6 is 0 Å². The monoisotopic (exact) mass is 479 g/mol. The van der Waals surface area contributed by atoms with Crippen molar-refractivity contribution >= 4 is 0 Å². The molecule has 35 heavy (non-hydrogen) atoms. The first-order chi connectivity index (χ1) is 17.0. The zero-order valence-corrected chi connectivity index (χ0v) is 22.6. The molecule has 2 heterocycles. The fourth-order valence-corrected chi connectivity index (χ4v) is 10.4. The van der Waals surface area contributed by atoms with E-state index in [4.69, 9.17) is 4.74 Å². The Morgan fingerprint density at radius 1 is 1.00 bits per heavy atom. The van der Waals surface area contributed by atoms with Gasteiger partial charge in [0, 0.05) is 44.5 Å². The number of fused-ring (bicyclic) bond motifs is 5. The van der Waals surface area contributed by atoms with Crippen molar-refractivity contribution < 1.29 is 4.74 Å². The Morgan fingerprint density at radius 2 is 1.80 bits per heavy atom. The number of ether oxygens (including phenoxy) is 1. The summed E-state index contributed by atoms with van der Waals surface area (Å²) in [6, 6.07) is 6.84. The molecule has 5 aliphatic rings. The van der Waals surface area contributed by atoms with Crippen LogP contribution in [0.4, 0.5) is 0 Å². The van der Waals surface area contributed by atoms with Gasteiger partial charge in [0.1, 0.15) is 0 Å². The lowest BCUT2D eigenvalue weighted by molar-refractivity contribution is -0.125. The minimum atomic E-state index is 0.509. The molecule has 0 radical (unpaired) electrons. The maximum atomic E-state index is 6.14. The molecule has 0 spiro atoms. The summed E-state index contributed by atoms with van der Waals surface area (Å²) in [4.78, 5) is 7.21. The second-order valence-corrected chi connectivity index (χ2v) is 13.6. The molecule has 194 valence electrons. The van der Waals surface area contributed by atoms with Gasteiger partial charge in [0.05, 0.1) is 6.61 Å². The highest BCUT2D eigenvalue weighted by atomic mass is 16.5. The molecule has 1 N–H and O–H groups in total. The summed E-state index contributed by atoms with van der Waals surface area (Å²) in [5.41, 5.74) is 1.11. The van der Waals surface area contributed by atoms with Crippen LogP contribution < -0.4 is 10.1 Å². The second-order valence-electron chi connectivity index (χ2n) is 13.6. The lowest BCUT2D eigenvalue weighted by atomic mass is 9.44. The molecule has 4 saturated carbocycles. The molecule has 9 atom stereocenters. The van der Waals surface area contributed by atoms with Gasteiger partial charge in [-0.3, -0.25) is 4.90 Å². The summed E-state index contributed by atoms with van der Waals surface area (Å²) in [5, 5.41) is 3.55. The smallest absolute Gasteiger partial charge is 0.213 e. The van der Waals surface area contributed by atoms with Crippen LogP contribution in [0.2, 0.25) is 0 Å². The number of aromatic nitrogens is 1. The summed E-state index contributed by atoms with van der Waals surface area (Å²) >= 11 is 0. The van der Waals surface area contributed by atoms with Crippen molar-refractivity contribution in [1.82, 2.24) is 15.2 Å². The number of piperazine rings is 1. The van der Waals surface area contributed by atoms with E-state index in [1.807, 2.05) is 24.4 Å². The van der Waals surface area contributed by atoms with Crippen molar-refractivity contribution in [2.45, 2.75) is 84.6 Å². The van der Waals surface area contributed by atoms with E-state index in [0.29, 0.717) is 16.7 Å². The Morgan fingerprint density at radius 3 is 2.60 bits per heavy atom. The van der Waals surface area contributed by atoms with Crippen LogP contribution in [0.15, 0.2) is 24.4 Å². The van der Waals surface area contributed by atoms with Crippen molar-refractivity contribution in [2.75, 3.05) is 32.8 Å². The average molecular weight is 480 g/mol. The Kier molecular flexibility index (Phi) is 6.67. The molecule has 1 saturated heterocycles. The van der Waals surface area contributed by atoms with Gasteiger partial charge < -0.3 is 10.1 Å². The van der Waals surface area contributed by atoms with Crippen molar-refractivity contribution in [1.29, 1.82) is 0 Å². The number of hydrogen-bond acceptors (Lipinski definition) is 4. The van der Waals surface area contributed by atoms with Gasteiger partial charge in [0.2, 0.25) is 5.88 Å². The van der Waals surface area contributed by atoms with Crippen LogP contribution in [-0.2, 0) is 0 Å². The number of rotatable bonds is 5.